The third-order valence-electron chi connectivity index (χ3n) is 2.83. The van der Waals surface area contributed by atoms with Gasteiger partial charge in [0.1, 0.15) is 0 Å². The first-order valence-electron chi connectivity index (χ1n) is 6.27. The first-order chi connectivity index (χ1) is 9.87. The summed E-state index contributed by atoms with van der Waals surface area (Å²) >= 11 is 0. The van der Waals surface area contributed by atoms with Crippen molar-refractivity contribution in [2.75, 3.05) is 4.72 Å². The molecule has 0 bridgehead atoms. The minimum atomic E-state index is -3.68. The van der Waals surface area contributed by atoms with E-state index < -0.39 is 16.0 Å². The summed E-state index contributed by atoms with van der Waals surface area (Å²) < 4.78 is 27.0. The number of rotatable bonds is 5. The average Bonchev–Trinajstić information content (AvgIpc) is 2.37. The van der Waals surface area contributed by atoms with Crippen LogP contribution in [-0.4, -0.2) is 19.5 Å². The Morgan fingerprint density at radius 3 is 2.52 bits per heavy atom. The maximum Gasteiger partial charge on any atom is 0.307 e. The number of anilines is 1. The van der Waals surface area contributed by atoms with E-state index in [1.807, 2.05) is 13.0 Å². The molecule has 0 aliphatic rings. The van der Waals surface area contributed by atoms with E-state index in [0.29, 0.717) is 11.3 Å². The number of carboxylic acids is 1. The third-order valence-corrected chi connectivity index (χ3v) is 4.21. The Morgan fingerprint density at radius 2 is 1.86 bits per heavy atom. The van der Waals surface area contributed by atoms with Gasteiger partial charge >= 0.3 is 5.97 Å². The Labute approximate surface area is 123 Å². The summed E-state index contributed by atoms with van der Waals surface area (Å²) in [6.07, 6.45) is -0.153. The number of aliphatic carboxylic acids is 1. The van der Waals surface area contributed by atoms with Crippen molar-refractivity contribution in [1.29, 1.82) is 0 Å². The van der Waals surface area contributed by atoms with Crippen LogP contribution in [0.25, 0.3) is 0 Å². The molecule has 2 aromatic carbocycles. The molecule has 0 radical (unpaired) electrons. The molecule has 0 saturated heterocycles. The summed E-state index contributed by atoms with van der Waals surface area (Å²) in [5, 5.41) is 8.76. The zero-order valence-corrected chi connectivity index (χ0v) is 12.2. The van der Waals surface area contributed by atoms with Crippen LogP contribution in [0.15, 0.2) is 53.4 Å². The monoisotopic (exact) mass is 305 g/mol. The summed E-state index contributed by atoms with van der Waals surface area (Å²) in [7, 11) is -3.68. The molecule has 0 spiro atoms. The lowest BCUT2D eigenvalue weighted by molar-refractivity contribution is -0.136. The number of aryl methyl sites for hydroxylation is 1. The molecule has 2 N–H and O–H groups in total. The lowest BCUT2D eigenvalue weighted by Crippen LogP contribution is -2.13. The summed E-state index contributed by atoms with van der Waals surface area (Å²) in [5.74, 6) is -0.964. The molecule has 0 aromatic heterocycles. The second-order valence-corrected chi connectivity index (χ2v) is 6.38. The van der Waals surface area contributed by atoms with Crippen LogP contribution >= 0.6 is 0 Å². The van der Waals surface area contributed by atoms with E-state index in [0.717, 1.165) is 5.56 Å². The Bertz CT molecular complexity index is 769. The molecule has 0 aliphatic carbocycles. The molecule has 0 saturated carbocycles. The van der Waals surface area contributed by atoms with Crippen LogP contribution in [0.3, 0.4) is 0 Å². The van der Waals surface area contributed by atoms with Crippen molar-refractivity contribution in [3.8, 4) is 0 Å². The van der Waals surface area contributed by atoms with Crippen molar-refractivity contribution < 1.29 is 18.3 Å². The van der Waals surface area contributed by atoms with Gasteiger partial charge in [0.2, 0.25) is 0 Å². The van der Waals surface area contributed by atoms with Gasteiger partial charge in [-0.25, -0.2) is 8.42 Å². The van der Waals surface area contributed by atoms with E-state index in [4.69, 9.17) is 5.11 Å². The molecule has 5 nitrogen and oxygen atoms in total. The van der Waals surface area contributed by atoms with E-state index in [9.17, 15) is 13.2 Å². The smallest absolute Gasteiger partial charge is 0.307 e. The molecule has 0 heterocycles. The largest absolute Gasteiger partial charge is 0.481 e. The molecule has 6 heteroatoms. The third kappa shape index (κ3) is 4.06. The van der Waals surface area contributed by atoms with Gasteiger partial charge < -0.3 is 5.11 Å². The van der Waals surface area contributed by atoms with Crippen molar-refractivity contribution in [2.45, 2.75) is 18.2 Å². The summed E-state index contributed by atoms with van der Waals surface area (Å²) in [5.41, 5.74) is 1.72. The van der Waals surface area contributed by atoms with Crippen molar-refractivity contribution in [3.63, 3.8) is 0 Å². The van der Waals surface area contributed by atoms with Crippen LogP contribution in [0.4, 0.5) is 5.69 Å². The van der Waals surface area contributed by atoms with Gasteiger partial charge in [-0.05, 0) is 42.3 Å². The van der Waals surface area contributed by atoms with Crippen molar-refractivity contribution >= 4 is 21.7 Å². The number of sulfonamides is 1. The average molecular weight is 305 g/mol. The molecular formula is C15H15NO4S. The molecule has 21 heavy (non-hydrogen) atoms. The quantitative estimate of drug-likeness (QED) is 0.888. The van der Waals surface area contributed by atoms with Gasteiger partial charge in [0.05, 0.1) is 11.3 Å². The first kappa shape index (κ1) is 15.1. The first-order valence-corrected chi connectivity index (χ1v) is 7.75. The van der Waals surface area contributed by atoms with E-state index in [1.165, 1.54) is 12.1 Å². The predicted octanol–water partition coefficient (Wildman–Crippen LogP) is 2.42. The van der Waals surface area contributed by atoms with Crippen LogP contribution < -0.4 is 4.72 Å². The molecule has 0 amide bonds. The Kier molecular flexibility index (Phi) is 4.28. The zero-order valence-electron chi connectivity index (χ0n) is 11.4. The van der Waals surface area contributed by atoms with Gasteiger partial charge in [0.15, 0.2) is 0 Å². The minimum absolute atomic E-state index is 0.153. The van der Waals surface area contributed by atoms with Crippen molar-refractivity contribution in [3.05, 3.63) is 59.7 Å². The van der Waals surface area contributed by atoms with Gasteiger partial charge in [-0.2, -0.15) is 0 Å². The van der Waals surface area contributed by atoms with Gasteiger partial charge in [-0.3, -0.25) is 9.52 Å². The molecule has 2 rings (SSSR count). The van der Waals surface area contributed by atoms with Gasteiger partial charge in [-0.1, -0.05) is 24.3 Å². The van der Waals surface area contributed by atoms with Gasteiger partial charge in [-0.15, -0.1) is 0 Å². The molecule has 0 atom stereocenters. The van der Waals surface area contributed by atoms with Crippen LogP contribution in [-0.2, 0) is 21.2 Å². The highest BCUT2D eigenvalue weighted by atomic mass is 32.2. The van der Waals surface area contributed by atoms with Crippen LogP contribution in [0.2, 0.25) is 0 Å². The second-order valence-electron chi connectivity index (χ2n) is 4.69. The number of carbonyl (C=O) groups is 1. The van der Waals surface area contributed by atoms with Crippen LogP contribution in [0.5, 0.6) is 0 Å². The Hall–Kier alpha value is -2.34. The van der Waals surface area contributed by atoms with Crippen LogP contribution in [0, 0.1) is 6.92 Å². The summed E-state index contributed by atoms with van der Waals surface area (Å²) in [6.45, 7) is 1.81. The highest BCUT2D eigenvalue weighted by Gasteiger charge is 2.14. The number of hydrogen-bond donors (Lipinski definition) is 2. The lowest BCUT2D eigenvalue weighted by atomic mass is 10.1. The molecule has 110 valence electrons. The molecular weight excluding hydrogens is 290 g/mol. The van der Waals surface area contributed by atoms with Crippen molar-refractivity contribution in [2.24, 2.45) is 0 Å². The minimum Gasteiger partial charge on any atom is -0.481 e. The van der Waals surface area contributed by atoms with Gasteiger partial charge in [0, 0.05) is 5.69 Å². The molecule has 2 aromatic rings. The predicted molar refractivity (Wildman–Crippen MR) is 79.8 cm³/mol. The Balaban J connectivity index is 2.26. The van der Waals surface area contributed by atoms with Gasteiger partial charge in [0.25, 0.3) is 10.0 Å². The number of carboxylic acid groups (broad SMARTS) is 1. The molecule has 0 aliphatic heterocycles. The number of hydrogen-bond acceptors (Lipinski definition) is 3. The summed E-state index contributed by atoms with van der Waals surface area (Å²) in [6, 6.07) is 12.9. The molecule has 0 fully saturated rings. The fraction of sp³-hybridized carbons (Fsp3) is 0.133. The normalized spacial score (nSPS) is 11.1. The van der Waals surface area contributed by atoms with Crippen LogP contribution in [0.1, 0.15) is 11.1 Å². The highest BCUT2D eigenvalue weighted by Crippen LogP contribution is 2.18. The number of nitrogens with one attached hydrogen (secondary N) is 1. The van der Waals surface area contributed by atoms with E-state index in [2.05, 4.69) is 4.72 Å². The Morgan fingerprint density at radius 1 is 1.14 bits per heavy atom. The fourth-order valence-electron chi connectivity index (χ4n) is 1.92. The van der Waals surface area contributed by atoms with Crippen molar-refractivity contribution in [1.82, 2.24) is 0 Å². The summed E-state index contributed by atoms with van der Waals surface area (Å²) in [4.78, 5) is 10.9. The van der Waals surface area contributed by atoms with E-state index in [-0.39, 0.29) is 11.3 Å². The fourth-order valence-corrected chi connectivity index (χ4v) is 3.07. The maximum atomic E-state index is 12.3. The van der Waals surface area contributed by atoms with E-state index in [1.54, 1.807) is 30.3 Å². The standard InChI is InChI=1S/C15H15NO4S/c1-11-4-2-7-14(8-11)21(19,20)16-13-6-3-5-12(9-13)10-15(17)18/h2-9,16H,10H2,1H3,(H,17,18). The van der Waals surface area contributed by atoms with E-state index >= 15 is 0 Å². The second kappa shape index (κ2) is 5.97. The SMILES string of the molecule is Cc1cccc(S(=O)(=O)Nc2cccc(CC(=O)O)c2)c1. The lowest BCUT2D eigenvalue weighted by Gasteiger charge is -2.09. The maximum absolute atomic E-state index is 12.3. The highest BCUT2D eigenvalue weighted by molar-refractivity contribution is 7.92. The zero-order chi connectivity index (χ0) is 15.5. The number of benzene rings is 2. The topological polar surface area (TPSA) is 83.5 Å². The molecule has 0 unspecified atom stereocenters.